The topological polar surface area (TPSA) is 29.4 Å². The van der Waals surface area contributed by atoms with Crippen molar-refractivity contribution in [3.8, 4) is 0 Å². The molecule has 0 aliphatic heterocycles. The summed E-state index contributed by atoms with van der Waals surface area (Å²) in [7, 11) is 0. The summed E-state index contributed by atoms with van der Waals surface area (Å²) in [6.07, 6.45) is 2.13. The highest BCUT2D eigenvalue weighted by atomic mass is 16.1. The molecule has 14 heavy (non-hydrogen) atoms. The number of benzene rings is 1. The fraction of sp³-hybridized carbons (Fsp3) is 0.333. The predicted octanol–water partition coefficient (Wildman–Crippen LogP) is 2.38. The number of hydrogen-bond acceptors (Lipinski definition) is 2. The quantitative estimate of drug-likeness (QED) is 0.699. The standard InChI is InChI=1S/C12H13NO/c14-12-7-6-11(8-12)13-9-10-4-2-1-3-5-10/h1-5H,6-9H2. The van der Waals surface area contributed by atoms with E-state index in [1.165, 1.54) is 5.56 Å². The summed E-state index contributed by atoms with van der Waals surface area (Å²) in [6, 6.07) is 10.1. The number of ketones is 1. The van der Waals surface area contributed by atoms with Gasteiger partial charge in [0.1, 0.15) is 5.78 Å². The molecule has 0 bridgehead atoms. The molecule has 0 aromatic heterocycles. The summed E-state index contributed by atoms with van der Waals surface area (Å²) in [4.78, 5) is 15.4. The zero-order chi connectivity index (χ0) is 9.80. The average molecular weight is 187 g/mol. The lowest BCUT2D eigenvalue weighted by Crippen LogP contribution is -1.93. The Morgan fingerprint density at radius 2 is 1.93 bits per heavy atom. The first kappa shape index (κ1) is 9.13. The van der Waals surface area contributed by atoms with E-state index in [2.05, 4.69) is 17.1 Å². The molecule has 0 heterocycles. The Labute approximate surface area is 83.7 Å². The van der Waals surface area contributed by atoms with Crippen molar-refractivity contribution < 1.29 is 4.79 Å². The van der Waals surface area contributed by atoms with E-state index >= 15 is 0 Å². The second-order valence-electron chi connectivity index (χ2n) is 3.58. The average Bonchev–Trinajstić information content (AvgIpc) is 2.63. The molecule has 0 radical (unpaired) electrons. The van der Waals surface area contributed by atoms with Crippen LogP contribution in [-0.2, 0) is 11.3 Å². The highest BCUT2D eigenvalue weighted by Crippen LogP contribution is 2.12. The van der Waals surface area contributed by atoms with E-state index in [-0.39, 0.29) is 0 Å². The second-order valence-corrected chi connectivity index (χ2v) is 3.58. The van der Waals surface area contributed by atoms with Gasteiger partial charge in [0.2, 0.25) is 0 Å². The number of nitrogens with zero attached hydrogens (tertiary/aromatic N) is 1. The van der Waals surface area contributed by atoms with Crippen molar-refractivity contribution in [3.05, 3.63) is 35.9 Å². The molecule has 1 saturated carbocycles. The van der Waals surface area contributed by atoms with E-state index in [4.69, 9.17) is 0 Å². The highest BCUT2D eigenvalue weighted by molar-refractivity contribution is 6.08. The lowest BCUT2D eigenvalue weighted by Gasteiger charge is -1.96. The lowest BCUT2D eigenvalue weighted by molar-refractivity contribution is -0.116. The van der Waals surface area contributed by atoms with Crippen LogP contribution < -0.4 is 0 Å². The SMILES string of the molecule is O=C1CCC(=NCc2ccccc2)C1. The van der Waals surface area contributed by atoms with Gasteiger partial charge in [-0.05, 0) is 12.0 Å². The molecular formula is C12H13NO. The van der Waals surface area contributed by atoms with Crippen LogP contribution >= 0.6 is 0 Å². The van der Waals surface area contributed by atoms with Crippen LogP contribution in [0.15, 0.2) is 35.3 Å². The van der Waals surface area contributed by atoms with Gasteiger partial charge in [-0.1, -0.05) is 30.3 Å². The fourth-order valence-electron chi connectivity index (χ4n) is 1.61. The van der Waals surface area contributed by atoms with Crippen molar-refractivity contribution in [2.45, 2.75) is 25.8 Å². The summed E-state index contributed by atoms with van der Waals surface area (Å²) < 4.78 is 0. The van der Waals surface area contributed by atoms with Crippen molar-refractivity contribution in [1.82, 2.24) is 0 Å². The van der Waals surface area contributed by atoms with Crippen molar-refractivity contribution in [1.29, 1.82) is 0 Å². The van der Waals surface area contributed by atoms with E-state index in [9.17, 15) is 4.79 Å². The summed E-state index contributed by atoms with van der Waals surface area (Å²) in [5, 5.41) is 0. The third kappa shape index (κ3) is 2.28. The van der Waals surface area contributed by atoms with Crippen LogP contribution in [0, 0.1) is 0 Å². The first-order valence-electron chi connectivity index (χ1n) is 4.92. The van der Waals surface area contributed by atoms with Gasteiger partial charge in [0.15, 0.2) is 0 Å². The Hall–Kier alpha value is -1.44. The van der Waals surface area contributed by atoms with Crippen molar-refractivity contribution in [2.75, 3.05) is 0 Å². The van der Waals surface area contributed by atoms with Gasteiger partial charge in [-0.15, -0.1) is 0 Å². The normalized spacial score (nSPS) is 19.1. The minimum Gasteiger partial charge on any atom is -0.299 e. The fourth-order valence-corrected chi connectivity index (χ4v) is 1.61. The van der Waals surface area contributed by atoms with Gasteiger partial charge >= 0.3 is 0 Å². The van der Waals surface area contributed by atoms with Gasteiger partial charge in [-0.25, -0.2) is 0 Å². The number of rotatable bonds is 2. The number of aliphatic imine (C=N–C) groups is 1. The van der Waals surface area contributed by atoms with Crippen LogP contribution in [0.1, 0.15) is 24.8 Å². The zero-order valence-electron chi connectivity index (χ0n) is 8.07. The van der Waals surface area contributed by atoms with Gasteiger partial charge in [0.25, 0.3) is 0 Å². The van der Waals surface area contributed by atoms with Crippen LogP contribution in [-0.4, -0.2) is 11.5 Å². The van der Waals surface area contributed by atoms with Crippen LogP contribution in [0.5, 0.6) is 0 Å². The van der Waals surface area contributed by atoms with E-state index in [0.717, 1.165) is 12.1 Å². The third-order valence-electron chi connectivity index (χ3n) is 2.42. The summed E-state index contributed by atoms with van der Waals surface area (Å²) in [5.41, 5.74) is 2.28. The van der Waals surface area contributed by atoms with Crippen LogP contribution in [0.4, 0.5) is 0 Å². The first-order valence-corrected chi connectivity index (χ1v) is 4.92. The van der Waals surface area contributed by atoms with Crippen molar-refractivity contribution in [2.24, 2.45) is 4.99 Å². The van der Waals surface area contributed by atoms with E-state index in [1.807, 2.05) is 18.2 Å². The Morgan fingerprint density at radius 3 is 2.57 bits per heavy atom. The molecule has 2 nitrogen and oxygen atoms in total. The van der Waals surface area contributed by atoms with Gasteiger partial charge in [0.05, 0.1) is 6.54 Å². The largest absolute Gasteiger partial charge is 0.299 e. The van der Waals surface area contributed by atoms with Gasteiger partial charge in [0, 0.05) is 18.6 Å². The Kier molecular flexibility index (Phi) is 2.73. The van der Waals surface area contributed by atoms with E-state index in [1.54, 1.807) is 0 Å². The van der Waals surface area contributed by atoms with Gasteiger partial charge < -0.3 is 0 Å². The number of Topliss-reactive ketones (excluding diaryl/α,β-unsaturated/α-hetero) is 1. The maximum absolute atomic E-state index is 11.0. The number of hydrogen-bond donors (Lipinski definition) is 0. The molecular weight excluding hydrogens is 174 g/mol. The molecule has 0 saturated heterocycles. The molecule has 1 aliphatic rings. The molecule has 2 heteroatoms. The van der Waals surface area contributed by atoms with Crippen molar-refractivity contribution >= 4 is 11.5 Å². The van der Waals surface area contributed by atoms with Crippen LogP contribution in [0.2, 0.25) is 0 Å². The molecule has 0 spiro atoms. The minimum absolute atomic E-state index is 0.330. The molecule has 1 aliphatic carbocycles. The minimum atomic E-state index is 0.330. The second kappa shape index (κ2) is 4.18. The van der Waals surface area contributed by atoms with Crippen molar-refractivity contribution in [3.63, 3.8) is 0 Å². The molecule has 0 N–H and O–H groups in total. The molecule has 72 valence electrons. The molecule has 1 aromatic rings. The van der Waals surface area contributed by atoms with Crippen LogP contribution in [0.3, 0.4) is 0 Å². The molecule has 0 unspecified atom stereocenters. The maximum atomic E-state index is 11.0. The van der Waals surface area contributed by atoms with Gasteiger partial charge in [-0.2, -0.15) is 0 Å². The zero-order valence-corrected chi connectivity index (χ0v) is 8.07. The molecule has 0 amide bonds. The Bertz CT molecular complexity index is 354. The van der Waals surface area contributed by atoms with E-state index < -0.39 is 0 Å². The summed E-state index contributed by atoms with van der Waals surface area (Å²) in [5.74, 6) is 0.330. The van der Waals surface area contributed by atoms with Crippen LogP contribution in [0.25, 0.3) is 0 Å². The van der Waals surface area contributed by atoms with E-state index in [0.29, 0.717) is 25.2 Å². The molecule has 2 rings (SSSR count). The third-order valence-corrected chi connectivity index (χ3v) is 2.42. The summed E-state index contributed by atoms with van der Waals surface area (Å²) in [6.45, 7) is 0.712. The maximum Gasteiger partial charge on any atom is 0.138 e. The number of carbonyl (C=O) groups is 1. The molecule has 1 fully saturated rings. The first-order chi connectivity index (χ1) is 6.84. The monoisotopic (exact) mass is 187 g/mol. The Morgan fingerprint density at radius 1 is 1.14 bits per heavy atom. The predicted molar refractivity (Wildman–Crippen MR) is 56.4 cm³/mol. The van der Waals surface area contributed by atoms with Gasteiger partial charge in [-0.3, -0.25) is 9.79 Å². The number of carbonyl (C=O) groups excluding carboxylic acids is 1. The lowest BCUT2D eigenvalue weighted by atomic mass is 10.2. The summed E-state index contributed by atoms with van der Waals surface area (Å²) >= 11 is 0. The Balaban J connectivity index is 1.97. The highest BCUT2D eigenvalue weighted by Gasteiger charge is 2.15. The molecule has 0 atom stereocenters. The smallest absolute Gasteiger partial charge is 0.138 e. The molecule has 1 aromatic carbocycles.